The Morgan fingerprint density at radius 1 is 1.00 bits per heavy atom. The van der Waals surface area contributed by atoms with E-state index in [-0.39, 0.29) is 5.91 Å². The molecule has 4 nitrogen and oxygen atoms in total. The zero-order chi connectivity index (χ0) is 19.3. The fourth-order valence-corrected chi connectivity index (χ4v) is 3.61. The Balaban J connectivity index is 1.31. The molecule has 1 saturated heterocycles. The Morgan fingerprint density at radius 3 is 2.61 bits per heavy atom. The van der Waals surface area contributed by atoms with Crippen molar-refractivity contribution in [3.63, 3.8) is 0 Å². The van der Waals surface area contributed by atoms with Crippen molar-refractivity contribution < 1.29 is 9.21 Å². The van der Waals surface area contributed by atoms with Gasteiger partial charge in [0.1, 0.15) is 11.5 Å². The number of hydrogen-bond acceptors (Lipinski definition) is 3. The van der Waals surface area contributed by atoms with Crippen LogP contribution in [0.2, 0.25) is 0 Å². The van der Waals surface area contributed by atoms with Gasteiger partial charge in [0.15, 0.2) is 0 Å². The Hall–Kier alpha value is -2.85. The first-order valence-corrected chi connectivity index (χ1v) is 9.89. The largest absolute Gasteiger partial charge is 0.460 e. The monoisotopic (exact) mass is 374 g/mol. The smallest absolute Gasteiger partial charge is 0.222 e. The van der Waals surface area contributed by atoms with E-state index in [1.807, 2.05) is 17.0 Å². The third-order valence-electron chi connectivity index (χ3n) is 5.16. The van der Waals surface area contributed by atoms with Crippen molar-refractivity contribution in [3.8, 4) is 11.3 Å². The quantitative estimate of drug-likeness (QED) is 0.654. The van der Waals surface area contributed by atoms with E-state index < -0.39 is 0 Å². The predicted molar refractivity (Wildman–Crippen MR) is 111 cm³/mol. The minimum Gasteiger partial charge on any atom is -0.460 e. The van der Waals surface area contributed by atoms with Crippen molar-refractivity contribution in [1.82, 2.24) is 10.2 Å². The number of furan rings is 1. The third-order valence-corrected chi connectivity index (χ3v) is 5.16. The average molecular weight is 374 g/mol. The maximum atomic E-state index is 11.8. The van der Waals surface area contributed by atoms with Crippen LogP contribution in [0.15, 0.2) is 65.1 Å². The number of carbonyl (C=O) groups excluding carboxylic acids is 1. The fourth-order valence-electron chi connectivity index (χ4n) is 3.61. The molecular formula is C24H26N2O2. The van der Waals surface area contributed by atoms with Gasteiger partial charge in [0.05, 0.1) is 6.54 Å². The second-order valence-corrected chi connectivity index (χ2v) is 7.47. The highest BCUT2D eigenvalue weighted by Crippen LogP contribution is 2.22. The van der Waals surface area contributed by atoms with Crippen LogP contribution in [0.1, 0.15) is 35.3 Å². The van der Waals surface area contributed by atoms with Gasteiger partial charge < -0.3 is 14.6 Å². The van der Waals surface area contributed by atoms with E-state index in [1.165, 1.54) is 16.7 Å². The molecule has 1 fully saturated rings. The van der Waals surface area contributed by atoms with Gasteiger partial charge in [-0.25, -0.2) is 0 Å². The highest BCUT2D eigenvalue weighted by Gasteiger charge is 2.19. The summed E-state index contributed by atoms with van der Waals surface area (Å²) in [6.45, 7) is 5.12. The summed E-state index contributed by atoms with van der Waals surface area (Å²) >= 11 is 0. The van der Waals surface area contributed by atoms with Crippen molar-refractivity contribution in [1.29, 1.82) is 0 Å². The summed E-state index contributed by atoms with van der Waals surface area (Å²) in [4.78, 5) is 13.8. The van der Waals surface area contributed by atoms with Gasteiger partial charge in [0, 0.05) is 31.6 Å². The minimum absolute atomic E-state index is 0.269. The van der Waals surface area contributed by atoms with Crippen molar-refractivity contribution >= 4 is 5.91 Å². The van der Waals surface area contributed by atoms with Gasteiger partial charge in [-0.2, -0.15) is 0 Å². The Kier molecular flexibility index (Phi) is 5.58. The molecule has 0 atom stereocenters. The Morgan fingerprint density at radius 2 is 1.82 bits per heavy atom. The molecule has 0 aliphatic carbocycles. The number of likely N-dealkylation sites (tertiary alicyclic amines) is 1. The Bertz CT molecular complexity index is 943. The molecule has 1 aromatic heterocycles. The molecule has 2 heterocycles. The summed E-state index contributed by atoms with van der Waals surface area (Å²) in [6, 6.07) is 20.9. The molecule has 3 aromatic rings. The molecule has 0 radical (unpaired) electrons. The topological polar surface area (TPSA) is 45.5 Å². The lowest BCUT2D eigenvalue weighted by Crippen LogP contribution is -2.23. The maximum absolute atomic E-state index is 11.8. The van der Waals surface area contributed by atoms with E-state index in [0.29, 0.717) is 19.5 Å². The fraction of sp³-hybridized carbons (Fsp3) is 0.292. The number of amides is 1. The van der Waals surface area contributed by atoms with Gasteiger partial charge in [0.25, 0.3) is 0 Å². The maximum Gasteiger partial charge on any atom is 0.222 e. The van der Waals surface area contributed by atoms with Crippen molar-refractivity contribution in [3.05, 3.63) is 83.1 Å². The lowest BCUT2D eigenvalue weighted by Gasteiger charge is -2.16. The molecule has 4 rings (SSSR count). The van der Waals surface area contributed by atoms with E-state index in [4.69, 9.17) is 4.42 Å². The van der Waals surface area contributed by atoms with Gasteiger partial charge in [-0.1, -0.05) is 54.1 Å². The van der Waals surface area contributed by atoms with Gasteiger partial charge in [-0.15, -0.1) is 0 Å². The highest BCUT2D eigenvalue weighted by molar-refractivity contribution is 5.78. The van der Waals surface area contributed by atoms with Gasteiger partial charge in [0.2, 0.25) is 5.91 Å². The molecule has 0 spiro atoms. The molecule has 2 aromatic carbocycles. The summed E-state index contributed by atoms with van der Waals surface area (Å²) < 4.78 is 5.97. The molecule has 1 aliphatic rings. The molecule has 0 saturated carbocycles. The van der Waals surface area contributed by atoms with E-state index in [1.54, 1.807) is 0 Å². The molecule has 0 unspecified atom stereocenters. The van der Waals surface area contributed by atoms with Crippen molar-refractivity contribution in [2.24, 2.45) is 0 Å². The summed E-state index contributed by atoms with van der Waals surface area (Å²) in [7, 11) is 0. The van der Waals surface area contributed by atoms with Crippen molar-refractivity contribution in [2.45, 2.75) is 39.4 Å². The molecule has 144 valence electrons. The molecule has 28 heavy (non-hydrogen) atoms. The van der Waals surface area contributed by atoms with Crippen LogP contribution in [0.25, 0.3) is 11.3 Å². The summed E-state index contributed by atoms with van der Waals surface area (Å²) in [5.74, 6) is 2.09. The number of benzene rings is 2. The first-order valence-electron chi connectivity index (χ1n) is 9.89. The number of rotatable bonds is 7. The van der Waals surface area contributed by atoms with Crippen LogP contribution in [0.3, 0.4) is 0 Å². The van der Waals surface area contributed by atoms with Crippen LogP contribution in [0.4, 0.5) is 0 Å². The molecule has 1 amide bonds. The number of nitrogens with one attached hydrogen (secondary N) is 1. The van der Waals surface area contributed by atoms with Gasteiger partial charge >= 0.3 is 0 Å². The molecule has 1 N–H and O–H groups in total. The van der Waals surface area contributed by atoms with Crippen LogP contribution >= 0.6 is 0 Å². The van der Waals surface area contributed by atoms with E-state index in [9.17, 15) is 4.79 Å². The highest BCUT2D eigenvalue weighted by atomic mass is 16.3. The average Bonchev–Trinajstić information content (AvgIpc) is 3.32. The van der Waals surface area contributed by atoms with E-state index >= 15 is 0 Å². The SMILES string of the molecule is Cc1ccc(-c2ccc(CNCc3cccc(CN4CCCC4=O)c3)o2)cc1. The predicted octanol–water partition coefficient (Wildman–Crippen LogP) is 4.67. The van der Waals surface area contributed by atoms with Gasteiger partial charge in [-0.3, -0.25) is 4.79 Å². The van der Waals surface area contributed by atoms with Crippen LogP contribution in [-0.4, -0.2) is 17.4 Å². The van der Waals surface area contributed by atoms with Crippen LogP contribution in [0, 0.1) is 6.92 Å². The number of carbonyl (C=O) groups is 1. The number of hydrogen-bond donors (Lipinski definition) is 1. The number of aryl methyl sites for hydroxylation is 1. The van der Waals surface area contributed by atoms with Crippen LogP contribution in [0.5, 0.6) is 0 Å². The summed E-state index contributed by atoms with van der Waals surface area (Å²) in [5.41, 5.74) is 4.75. The van der Waals surface area contributed by atoms with Crippen molar-refractivity contribution in [2.75, 3.05) is 6.54 Å². The van der Waals surface area contributed by atoms with Crippen LogP contribution < -0.4 is 5.32 Å². The molecule has 4 heteroatoms. The Labute approximate surface area is 166 Å². The van der Waals surface area contributed by atoms with E-state index in [2.05, 4.69) is 60.8 Å². The minimum atomic E-state index is 0.269. The third kappa shape index (κ3) is 4.52. The second kappa shape index (κ2) is 8.44. The van der Waals surface area contributed by atoms with E-state index in [0.717, 1.165) is 36.6 Å². The second-order valence-electron chi connectivity index (χ2n) is 7.47. The normalized spacial score (nSPS) is 14.0. The first-order chi connectivity index (χ1) is 13.7. The molecule has 1 aliphatic heterocycles. The first kappa shape index (κ1) is 18.5. The van der Waals surface area contributed by atoms with Crippen LogP contribution in [-0.2, 0) is 24.4 Å². The summed E-state index contributed by atoms with van der Waals surface area (Å²) in [6.07, 6.45) is 1.67. The zero-order valence-electron chi connectivity index (χ0n) is 16.3. The zero-order valence-corrected chi connectivity index (χ0v) is 16.3. The van der Waals surface area contributed by atoms with Gasteiger partial charge in [-0.05, 0) is 36.6 Å². The lowest BCUT2D eigenvalue weighted by molar-refractivity contribution is -0.128. The number of nitrogens with zero attached hydrogens (tertiary/aromatic N) is 1. The molecular weight excluding hydrogens is 348 g/mol. The standard InChI is InChI=1S/C24H26N2O2/c1-18-7-9-21(10-8-18)23-12-11-22(28-23)16-25-15-19-4-2-5-20(14-19)17-26-13-3-6-24(26)27/h2,4-5,7-12,14,25H,3,6,13,15-17H2,1H3. The summed E-state index contributed by atoms with van der Waals surface area (Å²) in [5, 5.41) is 3.45. The molecule has 0 bridgehead atoms. The lowest BCUT2D eigenvalue weighted by atomic mass is 10.1.